The van der Waals surface area contributed by atoms with E-state index < -0.39 is 9.84 Å². The van der Waals surface area contributed by atoms with E-state index in [-0.39, 0.29) is 23.6 Å². The minimum atomic E-state index is -2.91. The van der Waals surface area contributed by atoms with E-state index in [4.69, 9.17) is 0 Å². The Bertz CT molecular complexity index is 374. The summed E-state index contributed by atoms with van der Waals surface area (Å²) in [6, 6.07) is -0.141. The molecule has 0 N–H and O–H groups in total. The number of nitrogens with zero attached hydrogens (tertiary/aromatic N) is 2. The van der Waals surface area contributed by atoms with Gasteiger partial charge in [0, 0.05) is 26.2 Å². The lowest BCUT2D eigenvalue weighted by Crippen LogP contribution is -2.45. The topological polar surface area (TPSA) is 57.7 Å². The van der Waals surface area contributed by atoms with E-state index in [0.29, 0.717) is 6.42 Å². The average molecular weight is 246 g/mol. The second-order valence-corrected chi connectivity index (χ2v) is 6.87. The first-order valence-corrected chi connectivity index (χ1v) is 7.54. The van der Waals surface area contributed by atoms with Crippen LogP contribution in [0.2, 0.25) is 0 Å². The van der Waals surface area contributed by atoms with Crippen LogP contribution in [0, 0.1) is 0 Å². The first-order chi connectivity index (χ1) is 7.49. The average Bonchev–Trinajstić information content (AvgIpc) is 2.84. The van der Waals surface area contributed by atoms with E-state index in [0.717, 1.165) is 25.9 Å². The smallest absolute Gasteiger partial charge is 0.320 e. The van der Waals surface area contributed by atoms with Gasteiger partial charge >= 0.3 is 6.03 Å². The van der Waals surface area contributed by atoms with Crippen molar-refractivity contribution in [3.8, 4) is 0 Å². The highest BCUT2D eigenvalue weighted by Crippen LogP contribution is 2.19. The van der Waals surface area contributed by atoms with Gasteiger partial charge in [0.2, 0.25) is 0 Å². The summed E-state index contributed by atoms with van der Waals surface area (Å²) in [6.45, 7) is 1.62. The molecule has 16 heavy (non-hydrogen) atoms. The number of rotatable bonds is 1. The number of likely N-dealkylation sites (tertiary alicyclic amines) is 1. The van der Waals surface area contributed by atoms with Gasteiger partial charge in [0.1, 0.15) is 0 Å². The van der Waals surface area contributed by atoms with Crippen molar-refractivity contribution in [3.63, 3.8) is 0 Å². The molecule has 0 aliphatic carbocycles. The predicted octanol–water partition coefficient (Wildman–Crippen LogP) is 0.321. The molecule has 2 amide bonds. The molecule has 2 aliphatic rings. The zero-order valence-corrected chi connectivity index (χ0v) is 10.4. The van der Waals surface area contributed by atoms with Gasteiger partial charge in [-0.3, -0.25) is 0 Å². The second-order valence-electron chi connectivity index (χ2n) is 4.64. The standard InChI is InChI=1S/C10H18N2O3S/c1-11(9-4-7-16(14,15)8-9)10(13)12-5-2-3-6-12/h9H,2-8H2,1H3. The minimum Gasteiger partial charge on any atom is -0.325 e. The molecule has 92 valence electrons. The molecule has 0 aromatic heterocycles. The third-order valence-corrected chi connectivity index (χ3v) is 5.18. The highest BCUT2D eigenvalue weighted by atomic mass is 32.2. The molecule has 2 rings (SSSR count). The van der Waals surface area contributed by atoms with Crippen LogP contribution in [0.25, 0.3) is 0 Å². The fourth-order valence-corrected chi connectivity index (χ4v) is 4.14. The molecule has 2 aliphatic heterocycles. The van der Waals surface area contributed by atoms with E-state index in [9.17, 15) is 13.2 Å². The lowest BCUT2D eigenvalue weighted by atomic mass is 10.2. The van der Waals surface area contributed by atoms with Crippen molar-refractivity contribution in [1.82, 2.24) is 9.80 Å². The quantitative estimate of drug-likeness (QED) is 0.669. The van der Waals surface area contributed by atoms with Gasteiger partial charge in [0.15, 0.2) is 9.84 Å². The van der Waals surface area contributed by atoms with Gasteiger partial charge in [-0.1, -0.05) is 0 Å². The largest absolute Gasteiger partial charge is 0.325 e. The SMILES string of the molecule is CN(C(=O)N1CCCC1)C1CCS(=O)(=O)C1. The summed E-state index contributed by atoms with van der Waals surface area (Å²) >= 11 is 0. The van der Waals surface area contributed by atoms with E-state index in [1.165, 1.54) is 0 Å². The number of carbonyl (C=O) groups excluding carboxylic acids is 1. The van der Waals surface area contributed by atoms with Gasteiger partial charge in [-0.05, 0) is 19.3 Å². The summed E-state index contributed by atoms with van der Waals surface area (Å²) in [5.74, 6) is 0.346. The third-order valence-electron chi connectivity index (χ3n) is 3.43. The molecule has 0 aromatic rings. The number of hydrogen-bond donors (Lipinski definition) is 0. The van der Waals surface area contributed by atoms with Crippen LogP contribution in [0.3, 0.4) is 0 Å². The highest BCUT2D eigenvalue weighted by molar-refractivity contribution is 7.91. The first kappa shape index (κ1) is 11.7. The maximum atomic E-state index is 12.0. The molecule has 1 atom stereocenters. The van der Waals surface area contributed by atoms with Crippen molar-refractivity contribution in [3.05, 3.63) is 0 Å². The summed E-state index contributed by atoms with van der Waals surface area (Å²) in [6.07, 6.45) is 2.70. The van der Waals surface area contributed by atoms with Crippen LogP contribution >= 0.6 is 0 Å². The number of urea groups is 1. The molecule has 2 saturated heterocycles. The van der Waals surface area contributed by atoms with Crippen LogP contribution < -0.4 is 0 Å². The van der Waals surface area contributed by atoms with Crippen LogP contribution in [-0.2, 0) is 9.84 Å². The van der Waals surface area contributed by atoms with Gasteiger partial charge in [0.25, 0.3) is 0 Å². The van der Waals surface area contributed by atoms with Crippen LogP contribution in [0.1, 0.15) is 19.3 Å². The highest BCUT2D eigenvalue weighted by Gasteiger charge is 2.34. The Balaban J connectivity index is 1.97. The summed E-state index contributed by atoms with van der Waals surface area (Å²) in [5, 5.41) is 0. The van der Waals surface area contributed by atoms with Crippen LogP contribution in [-0.4, -0.2) is 61.9 Å². The molecule has 0 aromatic carbocycles. The van der Waals surface area contributed by atoms with Crippen molar-refractivity contribution in [1.29, 1.82) is 0 Å². The second kappa shape index (κ2) is 4.24. The maximum Gasteiger partial charge on any atom is 0.320 e. The molecule has 0 spiro atoms. The zero-order valence-electron chi connectivity index (χ0n) is 9.55. The van der Waals surface area contributed by atoms with Crippen molar-refractivity contribution in [2.24, 2.45) is 0 Å². The monoisotopic (exact) mass is 246 g/mol. The summed E-state index contributed by atoms with van der Waals surface area (Å²) in [5.41, 5.74) is 0. The fourth-order valence-electron chi connectivity index (χ4n) is 2.37. The van der Waals surface area contributed by atoms with E-state index in [2.05, 4.69) is 0 Å². The van der Waals surface area contributed by atoms with Crippen LogP contribution in [0.15, 0.2) is 0 Å². The van der Waals surface area contributed by atoms with Crippen molar-refractivity contribution >= 4 is 15.9 Å². The lowest BCUT2D eigenvalue weighted by molar-refractivity contribution is 0.160. The Morgan fingerprint density at radius 2 is 1.94 bits per heavy atom. The third kappa shape index (κ3) is 2.31. The van der Waals surface area contributed by atoms with E-state index >= 15 is 0 Å². The van der Waals surface area contributed by atoms with E-state index in [1.807, 2.05) is 4.90 Å². The number of amides is 2. The molecule has 6 heteroatoms. The Morgan fingerprint density at radius 1 is 1.31 bits per heavy atom. The number of carbonyl (C=O) groups is 1. The number of sulfone groups is 1. The maximum absolute atomic E-state index is 12.0. The zero-order chi connectivity index (χ0) is 11.8. The lowest BCUT2D eigenvalue weighted by Gasteiger charge is -2.28. The van der Waals surface area contributed by atoms with Gasteiger partial charge in [-0.25, -0.2) is 13.2 Å². The molecule has 0 saturated carbocycles. The summed E-state index contributed by atoms with van der Waals surface area (Å²) in [4.78, 5) is 15.4. The summed E-state index contributed by atoms with van der Waals surface area (Å²) in [7, 11) is -1.20. The van der Waals surface area contributed by atoms with Crippen molar-refractivity contribution in [2.45, 2.75) is 25.3 Å². The summed E-state index contributed by atoms with van der Waals surface area (Å²) < 4.78 is 22.7. The minimum absolute atomic E-state index is 0.0143. The normalized spacial score (nSPS) is 28.3. The van der Waals surface area contributed by atoms with Gasteiger partial charge in [-0.15, -0.1) is 0 Å². The van der Waals surface area contributed by atoms with Gasteiger partial charge in [0.05, 0.1) is 11.5 Å². The number of hydrogen-bond acceptors (Lipinski definition) is 3. The van der Waals surface area contributed by atoms with Crippen LogP contribution in [0.5, 0.6) is 0 Å². The Labute approximate surface area is 96.3 Å². The molecular weight excluding hydrogens is 228 g/mol. The van der Waals surface area contributed by atoms with Crippen molar-refractivity contribution in [2.75, 3.05) is 31.6 Å². The van der Waals surface area contributed by atoms with Gasteiger partial charge < -0.3 is 9.80 Å². The molecule has 0 radical (unpaired) electrons. The molecule has 0 bridgehead atoms. The molecule has 1 unspecified atom stereocenters. The molecule has 2 heterocycles. The Morgan fingerprint density at radius 3 is 2.44 bits per heavy atom. The molecule has 2 fully saturated rings. The predicted molar refractivity (Wildman–Crippen MR) is 61.0 cm³/mol. The van der Waals surface area contributed by atoms with Gasteiger partial charge in [-0.2, -0.15) is 0 Å². The van der Waals surface area contributed by atoms with Crippen LogP contribution in [0.4, 0.5) is 4.79 Å². The van der Waals surface area contributed by atoms with Crippen molar-refractivity contribution < 1.29 is 13.2 Å². The Kier molecular flexibility index (Phi) is 3.10. The Hall–Kier alpha value is -0.780. The fraction of sp³-hybridized carbons (Fsp3) is 0.900. The first-order valence-electron chi connectivity index (χ1n) is 5.72. The molecule has 5 nitrogen and oxygen atoms in total. The van der Waals surface area contributed by atoms with E-state index in [1.54, 1.807) is 11.9 Å². The molecular formula is C10H18N2O3S.